The number of ketones is 1. The molecule has 0 spiro atoms. The van der Waals surface area contributed by atoms with Crippen LogP contribution in [0.5, 0.6) is 0 Å². The van der Waals surface area contributed by atoms with Gasteiger partial charge in [-0.1, -0.05) is 11.2 Å². The number of nitrogens with one attached hydrogen (secondary N) is 1. The molecule has 0 unspecified atom stereocenters. The van der Waals surface area contributed by atoms with Crippen LogP contribution in [0, 0.1) is 6.92 Å². The Morgan fingerprint density at radius 2 is 2.09 bits per heavy atom. The van der Waals surface area contributed by atoms with Crippen LogP contribution >= 0.6 is 0 Å². The Morgan fingerprint density at radius 3 is 2.83 bits per heavy atom. The van der Waals surface area contributed by atoms with E-state index in [4.69, 9.17) is 5.53 Å². The Morgan fingerprint density at radius 1 is 1.30 bits per heavy atom. The number of rotatable bonds is 4. The fourth-order valence-electron chi connectivity index (χ4n) is 2.44. The summed E-state index contributed by atoms with van der Waals surface area (Å²) >= 11 is 0. The maximum atomic E-state index is 12.2. The lowest BCUT2D eigenvalue weighted by molar-refractivity contribution is 0.104. The number of allylic oxidation sites excluding steroid dienone is 1. The molecule has 6 nitrogen and oxygen atoms in total. The quantitative estimate of drug-likeness (QED) is 0.248. The Labute approximate surface area is 132 Å². The van der Waals surface area contributed by atoms with Gasteiger partial charge in [0.05, 0.1) is 0 Å². The van der Waals surface area contributed by atoms with E-state index in [1.807, 2.05) is 13.0 Å². The number of carbonyl (C=O) groups is 1. The minimum absolute atomic E-state index is 0.0904. The summed E-state index contributed by atoms with van der Waals surface area (Å²) in [6, 6.07) is 8.75. The summed E-state index contributed by atoms with van der Waals surface area (Å²) in [5, 5.41) is 4.53. The van der Waals surface area contributed by atoms with Gasteiger partial charge in [0.25, 0.3) is 0 Å². The number of pyridine rings is 1. The minimum atomic E-state index is -0.0904. The van der Waals surface area contributed by atoms with E-state index in [-0.39, 0.29) is 5.78 Å². The van der Waals surface area contributed by atoms with Crippen molar-refractivity contribution in [1.82, 2.24) is 9.97 Å². The van der Waals surface area contributed by atoms with Gasteiger partial charge in [-0.15, -0.1) is 0 Å². The van der Waals surface area contributed by atoms with Gasteiger partial charge in [-0.3, -0.25) is 9.78 Å². The van der Waals surface area contributed by atoms with E-state index in [2.05, 4.69) is 20.0 Å². The second kappa shape index (κ2) is 6.17. The lowest BCUT2D eigenvalue weighted by Gasteiger charge is -1.97. The lowest BCUT2D eigenvalue weighted by Crippen LogP contribution is -1.93. The molecule has 0 aliphatic heterocycles. The van der Waals surface area contributed by atoms with Crippen LogP contribution in [0.25, 0.3) is 27.4 Å². The lowest BCUT2D eigenvalue weighted by atomic mass is 10.1. The maximum absolute atomic E-state index is 12.2. The summed E-state index contributed by atoms with van der Waals surface area (Å²) in [4.78, 5) is 22.1. The fourth-order valence-corrected chi connectivity index (χ4v) is 2.44. The van der Waals surface area contributed by atoms with Gasteiger partial charge < -0.3 is 4.98 Å². The molecule has 23 heavy (non-hydrogen) atoms. The third kappa shape index (κ3) is 2.97. The van der Waals surface area contributed by atoms with E-state index in [0.717, 1.165) is 22.2 Å². The second-order valence-electron chi connectivity index (χ2n) is 5.02. The van der Waals surface area contributed by atoms with E-state index in [1.165, 1.54) is 6.08 Å². The molecule has 2 aromatic heterocycles. The highest BCUT2D eigenvalue weighted by Crippen LogP contribution is 2.27. The number of fused-ring (bicyclic) bond motifs is 1. The van der Waals surface area contributed by atoms with Crippen LogP contribution in [0.15, 0.2) is 53.9 Å². The molecule has 0 saturated carbocycles. The largest absolute Gasteiger partial charge is 0.358 e. The normalized spacial score (nSPS) is 10.8. The molecule has 2 heterocycles. The summed E-state index contributed by atoms with van der Waals surface area (Å²) in [6.07, 6.45) is 6.48. The zero-order valence-corrected chi connectivity index (χ0v) is 12.4. The monoisotopic (exact) mass is 303 g/mol. The molecule has 0 bridgehead atoms. The van der Waals surface area contributed by atoms with Gasteiger partial charge in [-0.05, 0) is 48.9 Å². The Bertz CT molecular complexity index is 950. The van der Waals surface area contributed by atoms with Crippen LogP contribution in [0.3, 0.4) is 0 Å². The first-order valence-corrected chi connectivity index (χ1v) is 6.99. The molecule has 1 N–H and O–H groups in total. The van der Waals surface area contributed by atoms with Gasteiger partial charge in [0, 0.05) is 50.7 Å². The topological polar surface area (TPSA) is 94.5 Å². The first-order valence-electron chi connectivity index (χ1n) is 6.99. The molecule has 3 aromatic rings. The molecule has 0 atom stereocenters. The summed E-state index contributed by atoms with van der Waals surface area (Å²) < 4.78 is 0. The Balaban J connectivity index is 2.00. The number of aryl methyl sites for hydroxylation is 1. The number of nitrogens with zero attached hydrogens (tertiary/aromatic N) is 4. The SMILES string of the molecule is Cc1[nH]c2ccc(N=[N+]=[N-])cc2c1C=CC(=O)c1ccncc1. The number of hydrogen-bond acceptors (Lipinski definition) is 3. The van der Waals surface area contributed by atoms with Gasteiger partial charge in [0.1, 0.15) is 0 Å². The van der Waals surface area contributed by atoms with Crippen molar-refractivity contribution in [2.45, 2.75) is 6.92 Å². The van der Waals surface area contributed by atoms with Crippen molar-refractivity contribution in [3.05, 3.63) is 76.1 Å². The summed E-state index contributed by atoms with van der Waals surface area (Å²) in [5.41, 5.74) is 12.4. The van der Waals surface area contributed by atoms with E-state index in [1.54, 1.807) is 42.7 Å². The Hall–Kier alpha value is -3.37. The number of carbonyl (C=O) groups excluding carboxylic acids is 1. The van der Waals surface area contributed by atoms with Crippen molar-refractivity contribution in [2.75, 3.05) is 0 Å². The number of benzene rings is 1. The first kappa shape index (κ1) is 14.6. The average molecular weight is 303 g/mol. The predicted octanol–water partition coefficient (Wildman–Crippen LogP) is 4.71. The smallest absolute Gasteiger partial charge is 0.185 e. The van der Waals surface area contributed by atoms with Gasteiger partial charge in [-0.25, -0.2) is 0 Å². The van der Waals surface area contributed by atoms with Crippen molar-refractivity contribution < 1.29 is 4.79 Å². The van der Waals surface area contributed by atoms with Crippen LogP contribution in [-0.2, 0) is 0 Å². The number of azide groups is 1. The minimum Gasteiger partial charge on any atom is -0.358 e. The standard InChI is InChI=1S/C17H13N5O/c1-11-14(3-5-17(23)12-6-8-19-9-7-12)15-10-13(21-22-18)2-4-16(15)20-11/h2-10,20H,1H3. The molecule has 0 aliphatic rings. The maximum Gasteiger partial charge on any atom is 0.185 e. The third-order valence-electron chi connectivity index (χ3n) is 3.55. The second-order valence-corrected chi connectivity index (χ2v) is 5.02. The third-order valence-corrected chi connectivity index (χ3v) is 3.55. The molecule has 1 aromatic carbocycles. The molecule has 0 amide bonds. The van der Waals surface area contributed by atoms with E-state index in [9.17, 15) is 4.79 Å². The van der Waals surface area contributed by atoms with Crippen molar-refractivity contribution >= 4 is 28.4 Å². The highest BCUT2D eigenvalue weighted by Gasteiger charge is 2.07. The van der Waals surface area contributed by atoms with E-state index >= 15 is 0 Å². The molecule has 112 valence electrons. The van der Waals surface area contributed by atoms with E-state index < -0.39 is 0 Å². The van der Waals surface area contributed by atoms with Crippen LogP contribution in [0.1, 0.15) is 21.6 Å². The zero-order valence-electron chi connectivity index (χ0n) is 12.4. The molecular formula is C17H13N5O. The van der Waals surface area contributed by atoms with Gasteiger partial charge in [0.15, 0.2) is 5.78 Å². The number of aromatic nitrogens is 2. The van der Waals surface area contributed by atoms with Crippen LogP contribution in [0.4, 0.5) is 5.69 Å². The number of hydrogen-bond donors (Lipinski definition) is 1. The molecule has 0 aliphatic carbocycles. The summed E-state index contributed by atoms with van der Waals surface area (Å²) in [7, 11) is 0. The number of H-pyrrole nitrogens is 1. The molecule has 6 heteroatoms. The molecule has 0 fully saturated rings. The molecular weight excluding hydrogens is 290 g/mol. The zero-order chi connectivity index (χ0) is 16.2. The van der Waals surface area contributed by atoms with Crippen molar-refractivity contribution in [1.29, 1.82) is 0 Å². The van der Waals surface area contributed by atoms with Crippen LogP contribution < -0.4 is 0 Å². The molecule has 3 rings (SSSR count). The van der Waals surface area contributed by atoms with E-state index in [0.29, 0.717) is 11.3 Å². The molecule has 0 saturated heterocycles. The number of aromatic amines is 1. The Kier molecular flexibility index (Phi) is 3.91. The van der Waals surface area contributed by atoms with Crippen LogP contribution in [-0.4, -0.2) is 15.8 Å². The van der Waals surface area contributed by atoms with Crippen molar-refractivity contribution in [2.24, 2.45) is 5.11 Å². The van der Waals surface area contributed by atoms with Gasteiger partial charge in [-0.2, -0.15) is 0 Å². The summed E-state index contributed by atoms with van der Waals surface area (Å²) in [5.74, 6) is -0.0904. The summed E-state index contributed by atoms with van der Waals surface area (Å²) in [6.45, 7) is 1.93. The van der Waals surface area contributed by atoms with Gasteiger partial charge in [0.2, 0.25) is 0 Å². The van der Waals surface area contributed by atoms with Crippen molar-refractivity contribution in [3.8, 4) is 0 Å². The fraction of sp³-hybridized carbons (Fsp3) is 0.0588. The van der Waals surface area contributed by atoms with Gasteiger partial charge >= 0.3 is 0 Å². The predicted molar refractivity (Wildman–Crippen MR) is 89.4 cm³/mol. The van der Waals surface area contributed by atoms with Crippen molar-refractivity contribution in [3.63, 3.8) is 0 Å². The highest BCUT2D eigenvalue weighted by molar-refractivity contribution is 6.08. The first-order chi connectivity index (χ1) is 11.2. The van der Waals surface area contributed by atoms with Crippen LogP contribution in [0.2, 0.25) is 0 Å². The molecule has 0 radical (unpaired) electrons. The highest BCUT2D eigenvalue weighted by atomic mass is 16.1. The average Bonchev–Trinajstić information content (AvgIpc) is 2.88.